The van der Waals surface area contributed by atoms with Crippen molar-refractivity contribution in [1.82, 2.24) is 9.97 Å². The molecule has 0 saturated carbocycles. The molecule has 0 aliphatic heterocycles. The number of thioether (sulfide) groups is 1. The third kappa shape index (κ3) is 3.41. The maximum atomic E-state index is 10.7. The second-order valence-corrected chi connectivity index (χ2v) is 4.95. The van der Waals surface area contributed by atoms with Crippen LogP contribution in [0.2, 0.25) is 0 Å². The fourth-order valence-electron chi connectivity index (χ4n) is 0.797. The van der Waals surface area contributed by atoms with Crippen LogP contribution in [0.1, 0.15) is 13.3 Å². The Kier molecular flexibility index (Phi) is 4.59. The van der Waals surface area contributed by atoms with Crippen LogP contribution in [0.3, 0.4) is 0 Å². The summed E-state index contributed by atoms with van der Waals surface area (Å²) in [7, 11) is 0. The van der Waals surface area contributed by atoms with Gasteiger partial charge in [0, 0.05) is 16.0 Å². The molecule has 1 heterocycles. The summed E-state index contributed by atoms with van der Waals surface area (Å²) in [6.45, 7) is 1.83. The normalized spacial score (nSPS) is 12.4. The highest BCUT2D eigenvalue weighted by Crippen LogP contribution is 2.21. The minimum absolute atomic E-state index is 0.463. The van der Waals surface area contributed by atoms with E-state index < -0.39 is 11.2 Å². The molecule has 1 rings (SSSR count). The molecule has 6 heteroatoms. The van der Waals surface area contributed by atoms with Gasteiger partial charge < -0.3 is 5.11 Å². The van der Waals surface area contributed by atoms with Gasteiger partial charge in [0.2, 0.25) is 0 Å². The minimum atomic E-state index is -0.820. The van der Waals surface area contributed by atoms with Gasteiger partial charge in [-0.3, -0.25) is 4.79 Å². The summed E-state index contributed by atoms with van der Waals surface area (Å²) in [4.78, 5) is 18.8. The highest BCUT2D eigenvalue weighted by Gasteiger charge is 2.17. The van der Waals surface area contributed by atoms with Gasteiger partial charge in [-0.05, 0) is 29.0 Å². The number of hydrogen-bond acceptors (Lipinski definition) is 4. The quantitative estimate of drug-likeness (QED) is 0.522. The number of carboxylic acids is 1. The molecular weight excluding hydrogens is 315 g/mol. The third-order valence-corrected chi connectivity index (χ3v) is 3.29. The van der Waals surface area contributed by atoms with Crippen LogP contribution < -0.4 is 0 Å². The molecule has 0 bridgehead atoms. The van der Waals surface area contributed by atoms with E-state index in [2.05, 4.69) is 32.6 Å². The first-order chi connectivity index (χ1) is 6.63. The first-order valence-electron chi connectivity index (χ1n) is 4.00. The molecular formula is C8H9IN2O2S. The van der Waals surface area contributed by atoms with Crippen molar-refractivity contribution >= 4 is 40.3 Å². The van der Waals surface area contributed by atoms with E-state index in [0.29, 0.717) is 11.6 Å². The number of hydrogen-bond donors (Lipinski definition) is 1. The van der Waals surface area contributed by atoms with Gasteiger partial charge >= 0.3 is 5.97 Å². The molecule has 0 spiro atoms. The van der Waals surface area contributed by atoms with Crippen molar-refractivity contribution in [2.75, 3.05) is 0 Å². The van der Waals surface area contributed by atoms with E-state index in [1.165, 1.54) is 11.8 Å². The largest absolute Gasteiger partial charge is 0.480 e. The Morgan fingerprint density at radius 3 is 2.64 bits per heavy atom. The molecule has 0 aliphatic rings. The molecule has 1 aromatic rings. The highest BCUT2D eigenvalue weighted by atomic mass is 127. The van der Waals surface area contributed by atoms with Crippen molar-refractivity contribution in [2.45, 2.75) is 23.8 Å². The predicted octanol–water partition coefficient (Wildman–Crippen LogP) is 2.04. The van der Waals surface area contributed by atoms with E-state index in [1.54, 1.807) is 12.4 Å². The average Bonchev–Trinajstić information content (AvgIpc) is 2.16. The van der Waals surface area contributed by atoms with Gasteiger partial charge in [0.1, 0.15) is 5.25 Å². The lowest BCUT2D eigenvalue weighted by Crippen LogP contribution is -2.15. The van der Waals surface area contributed by atoms with Crippen molar-refractivity contribution < 1.29 is 9.90 Å². The molecule has 0 aliphatic carbocycles. The Morgan fingerprint density at radius 2 is 2.21 bits per heavy atom. The van der Waals surface area contributed by atoms with E-state index in [4.69, 9.17) is 5.11 Å². The zero-order valence-electron chi connectivity index (χ0n) is 7.48. The Morgan fingerprint density at radius 1 is 1.64 bits per heavy atom. The number of carboxylic acid groups (broad SMARTS) is 1. The maximum Gasteiger partial charge on any atom is 0.317 e. The SMILES string of the molecule is CCC(Sc1ncc(I)cn1)C(=O)O. The van der Waals surface area contributed by atoms with Gasteiger partial charge in [-0.2, -0.15) is 0 Å². The molecule has 0 saturated heterocycles. The van der Waals surface area contributed by atoms with Crippen LogP contribution in [0.25, 0.3) is 0 Å². The van der Waals surface area contributed by atoms with Gasteiger partial charge in [-0.15, -0.1) is 0 Å². The molecule has 0 fully saturated rings. The summed E-state index contributed by atoms with van der Waals surface area (Å²) in [5.41, 5.74) is 0. The Hall–Kier alpha value is -0.370. The summed E-state index contributed by atoms with van der Waals surface area (Å²) in [6, 6.07) is 0. The van der Waals surface area contributed by atoms with Crippen molar-refractivity contribution in [3.63, 3.8) is 0 Å². The first kappa shape index (κ1) is 11.7. The summed E-state index contributed by atoms with van der Waals surface area (Å²) in [5.74, 6) is -0.820. The molecule has 4 nitrogen and oxygen atoms in total. The van der Waals surface area contributed by atoms with Gasteiger partial charge in [0.05, 0.1) is 0 Å². The minimum Gasteiger partial charge on any atom is -0.480 e. The molecule has 1 aromatic heterocycles. The van der Waals surface area contributed by atoms with Crippen LogP contribution in [-0.2, 0) is 4.79 Å². The zero-order valence-corrected chi connectivity index (χ0v) is 10.4. The van der Waals surface area contributed by atoms with Crippen LogP contribution in [0.4, 0.5) is 0 Å². The van der Waals surface area contributed by atoms with Crippen LogP contribution in [-0.4, -0.2) is 26.3 Å². The number of rotatable bonds is 4. The molecule has 1 atom stereocenters. The van der Waals surface area contributed by atoms with E-state index in [1.807, 2.05) is 6.92 Å². The van der Waals surface area contributed by atoms with Gasteiger partial charge in [-0.25, -0.2) is 9.97 Å². The highest BCUT2D eigenvalue weighted by molar-refractivity contribution is 14.1. The van der Waals surface area contributed by atoms with Crippen molar-refractivity contribution in [2.24, 2.45) is 0 Å². The third-order valence-electron chi connectivity index (χ3n) is 1.49. The van der Waals surface area contributed by atoms with Crippen molar-refractivity contribution in [3.8, 4) is 0 Å². The van der Waals surface area contributed by atoms with Crippen LogP contribution in [0, 0.1) is 3.57 Å². The number of carbonyl (C=O) groups is 1. The lowest BCUT2D eigenvalue weighted by atomic mass is 10.3. The van der Waals surface area contributed by atoms with Crippen molar-refractivity contribution in [1.29, 1.82) is 0 Å². The second kappa shape index (κ2) is 5.50. The van der Waals surface area contributed by atoms with E-state index in [9.17, 15) is 4.79 Å². The topological polar surface area (TPSA) is 63.1 Å². The molecule has 76 valence electrons. The Labute approximate surface area is 99.7 Å². The van der Waals surface area contributed by atoms with Crippen LogP contribution in [0.15, 0.2) is 17.6 Å². The monoisotopic (exact) mass is 324 g/mol. The standard InChI is InChI=1S/C8H9IN2O2S/c1-2-6(7(12)13)14-8-10-3-5(9)4-11-8/h3-4,6H,2H2,1H3,(H,12,13). The van der Waals surface area contributed by atoms with Crippen LogP contribution >= 0.6 is 34.4 Å². The maximum absolute atomic E-state index is 10.7. The van der Waals surface area contributed by atoms with E-state index in [0.717, 1.165) is 3.57 Å². The molecule has 0 radical (unpaired) electrons. The van der Waals surface area contributed by atoms with Gasteiger partial charge in [0.25, 0.3) is 0 Å². The second-order valence-electron chi connectivity index (χ2n) is 2.54. The van der Waals surface area contributed by atoms with Crippen LogP contribution in [0.5, 0.6) is 0 Å². The summed E-state index contributed by atoms with van der Waals surface area (Å²) in [6.07, 6.45) is 3.91. The molecule has 14 heavy (non-hydrogen) atoms. The number of halogens is 1. The zero-order chi connectivity index (χ0) is 10.6. The summed E-state index contributed by atoms with van der Waals surface area (Å²) < 4.78 is 0.940. The Bertz CT molecular complexity index is 318. The number of nitrogens with zero attached hydrogens (tertiary/aromatic N) is 2. The summed E-state index contributed by atoms with van der Waals surface area (Å²) in [5, 5.41) is 8.86. The molecule has 1 N–H and O–H groups in total. The molecule has 0 amide bonds. The fraction of sp³-hybridized carbons (Fsp3) is 0.375. The van der Waals surface area contributed by atoms with Crippen molar-refractivity contribution in [3.05, 3.63) is 16.0 Å². The Balaban J connectivity index is 2.67. The van der Waals surface area contributed by atoms with E-state index >= 15 is 0 Å². The lowest BCUT2D eigenvalue weighted by Gasteiger charge is -2.06. The fourth-order valence-corrected chi connectivity index (χ4v) is 1.82. The predicted molar refractivity (Wildman–Crippen MR) is 62.3 cm³/mol. The number of aliphatic carboxylic acids is 1. The average molecular weight is 324 g/mol. The molecule has 0 aromatic carbocycles. The first-order valence-corrected chi connectivity index (χ1v) is 5.96. The lowest BCUT2D eigenvalue weighted by molar-refractivity contribution is -0.136. The van der Waals surface area contributed by atoms with Gasteiger partial charge in [-0.1, -0.05) is 18.7 Å². The summed E-state index contributed by atoms with van der Waals surface area (Å²) >= 11 is 3.28. The van der Waals surface area contributed by atoms with Gasteiger partial charge in [0.15, 0.2) is 5.16 Å². The van der Waals surface area contributed by atoms with E-state index in [-0.39, 0.29) is 0 Å². The smallest absolute Gasteiger partial charge is 0.317 e. The molecule has 1 unspecified atom stereocenters. The number of aromatic nitrogens is 2.